The SMILES string of the molecule is CCCC(OC(=O)c1ccccc1)C(C)C(CC)OC(=O)C(=O)c1ccccc1. The third kappa shape index (κ3) is 6.28. The van der Waals surface area contributed by atoms with Crippen LogP contribution in [0.2, 0.25) is 0 Å². The molecule has 0 saturated heterocycles. The first-order valence-electron chi connectivity index (χ1n) is 10.0. The van der Waals surface area contributed by atoms with Gasteiger partial charge in [0.1, 0.15) is 12.2 Å². The van der Waals surface area contributed by atoms with E-state index >= 15 is 0 Å². The lowest BCUT2D eigenvalue weighted by Gasteiger charge is -2.30. The lowest BCUT2D eigenvalue weighted by Crippen LogP contribution is -2.37. The number of carbonyl (C=O) groups is 3. The molecule has 0 heterocycles. The highest BCUT2D eigenvalue weighted by molar-refractivity contribution is 6.40. The molecule has 2 rings (SSSR count). The van der Waals surface area contributed by atoms with Crippen molar-refractivity contribution in [3.63, 3.8) is 0 Å². The van der Waals surface area contributed by atoms with E-state index in [1.54, 1.807) is 54.6 Å². The molecule has 2 aromatic rings. The topological polar surface area (TPSA) is 69.7 Å². The van der Waals surface area contributed by atoms with Crippen LogP contribution in [0.1, 0.15) is 60.7 Å². The van der Waals surface area contributed by atoms with Gasteiger partial charge in [-0.1, -0.05) is 75.7 Å². The number of hydrogen-bond donors (Lipinski definition) is 0. The number of esters is 2. The Kier molecular flexibility index (Phi) is 8.59. The molecule has 29 heavy (non-hydrogen) atoms. The van der Waals surface area contributed by atoms with Crippen molar-refractivity contribution >= 4 is 17.7 Å². The zero-order valence-corrected chi connectivity index (χ0v) is 17.2. The summed E-state index contributed by atoms with van der Waals surface area (Å²) in [5, 5.41) is 0. The molecular formula is C24H28O5. The molecule has 5 nitrogen and oxygen atoms in total. The van der Waals surface area contributed by atoms with E-state index < -0.39 is 29.9 Å². The lowest BCUT2D eigenvalue weighted by molar-refractivity contribution is -0.148. The van der Waals surface area contributed by atoms with Gasteiger partial charge in [0.25, 0.3) is 5.78 Å². The first-order valence-corrected chi connectivity index (χ1v) is 10.0. The van der Waals surface area contributed by atoms with E-state index in [0.717, 1.165) is 6.42 Å². The molecule has 0 bridgehead atoms. The van der Waals surface area contributed by atoms with Crippen molar-refractivity contribution in [1.82, 2.24) is 0 Å². The van der Waals surface area contributed by atoms with E-state index in [0.29, 0.717) is 24.0 Å². The number of hydrogen-bond acceptors (Lipinski definition) is 5. The maximum absolute atomic E-state index is 12.5. The second-order valence-electron chi connectivity index (χ2n) is 7.00. The monoisotopic (exact) mass is 396 g/mol. The van der Waals surface area contributed by atoms with Crippen LogP contribution in [0.25, 0.3) is 0 Å². The Morgan fingerprint density at radius 1 is 0.793 bits per heavy atom. The number of ketones is 1. The van der Waals surface area contributed by atoms with E-state index in [9.17, 15) is 14.4 Å². The summed E-state index contributed by atoms with van der Waals surface area (Å²) < 4.78 is 11.2. The maximum Gasteiger partial charge on any atom is 0.379 e. The number of rotatable bonds is 10. The van der Waals surface area contributed by atoms with Crippen LogP contribution in [0.5, 0.6) is 0 Å². The van der Waals surface area contributed by atoms with Gasteiger partial charge in [0, 0.05) is 11.5 Å². The average molecular weight is 396 g/mol. The molecule has 2 aromatic carbocycles. The average Bonchev–Trinajstić information content (AvgIpc) is 2.77. The highest BCUT2D eigenvalue weighted by atomic mass is 16.6. The maximum atomic E-state index is 12.5. The summed E-state index contributed by atoms with van der Waals surface area (Å²) in [5.74, 6) is -2.22. The van der Waals surface area contributed by atoms with Crippen LogP contribution in [0.3, 0.4) is 0 Å². The number of Topliss-reactive ketones (excluding diaryl/α,β-unsaturated/α-hetero) is 1. The van der Waals surface area contributed by atoms with Crippen molar-refractivity contribution in [2.24, 2.45) is 5.92 Å². The summed E-state index contributed by atoms with van der Waals surface area (Å²) in [4.78, 5) is 37.2. The van der Waals surface area contributed by atoms with Crippen molar-refractivity contribution in [2.45, 2.75) is 52.2 Å². The van der Waals surface area contributed by atoms with Gasteiger partial charge >= 0.3 is 11.9 Å². The molecule has 3 unspecified atom stereocenters. The summed E-state index contributed by atoms with van der Waals surface area (Å²) in [6.07, 6.45) is 1.01. The highest BCUT2D eigenvalue weighted by Crippen LogP contribution is 2.23. The Balaban J connectivity index is 2.07. The Morgan fingerprint density at radius 2 is 1.34 bits per heavy atom. The predicted molar refractivity (Wildman–Crippen MR) is 111 cm³/mol. The van der Waals surface area contributed by atoms with Gasteiger partial charge < -0.3 is 9.47 Å². The van der Waals surface area contributed by atoms with Gasteiger partial charge in [0.05, 0.1) is 5.56 Å². The van der Waals surface area contributed by atoms with Gasteiger partial charge in [-0.25, -0.2) is 9.59 Å². The Labute approximate surface area is 172 Å². The molecule has 0 aliphatic rings. The van der Waals surface area contributed by atoms with Gasteiger partial charge in [-0.05, 0) is 25.0 Å². The van der Waals surface area contributed by atoms with Gasteiger partial charge in [-0.3, -0.25) is 4.79 Å². The third-order valence-electron chi connectivity index (χ3n) is 4.90. The van der Waals surface area contributed by atoms with Crippen LogP contribution in [-0.2, 0) is 14.3 Å². The van der Waals surface area contributed by atoms with Crippen LogP contribution >= 0.6 is 0 Å². The quantitative estimate of drug-likeness (QED) is 0.326. The largest absolute Gasteiger partial charge is 0.458 e. The Hall–Kier alpha value is -2.95. The fourth-order valence-electron chi connectivity index (χ4n) is 3.19. The molecule has 5 heteroatoms. The van der Waals surface area contributed by atoms with E-state index in [4.69, 9.17) is 9.47 Å². The minimum Gasteiger partial charge on any atom is -0.458 e. The fraction of sp³-hybridized carbons (Fsp3) is 0.375. The van der Waals surface area contributed by atoms with Crippen molar-refractivity contribution in [2.75, 3.05) is 0 Å². The van der Waals surface area contributed by atoms with E-state index in [2.05, 4.69) is 0 Å². The lowest BCUT2D eigenvalue weighted by atomic mass is 9.92. The molecule has 0 saturated carbocycles. The molecule has 0 fully saturated rings. The summed E-state index contributed by atoms with van der Waals surface area (Å²) in [6, 6.07) is 17.1. The van der Waals surface area contributed by atoms with Crippen molar-refractivity contribution in [1.29, 1.82) is 0 Å². The smallest absolute Gasteiger partial charge is 0.379 e. The van der Waals surface area contributed by atoms with Crippen LogP contribution in [0.15, 0.2) is 60.7 Å². The van der Waals surface area contributed by atoms with Gasteiger partial charge in [-0.15, -0.1) is 0 Å². The molecule has 0 spiro atoms. The molecule has 0 radical (unpaired) electrons. The van der Waals surface area contributed by atoms with Crippen molar-refractivity contribution < 1.29 is 23.9 Å². The second-order valence-corrected chi connectivity index (χ2v) is 7.00. The first-order chi connectivity index (χ1) is 14.0. The summed E-state index contributed by atoms with van der Waals surface area (Å²) in [7, 11) is 0. The predicted octanol–water partition coefficient (Wildman–Crippen LogP) is 4.85. The molecule has 0 amide bonds. The van der Waals surface area contributed by atoms with E-state index in [-0.39, 0.29) is 5.92 Å². The number of benzene rings is 2. The van der Waals surface area contributed by atoms with Crippen molar-refractivity contribution in [3.05, 3.63) is 71.8 Å². The minimum atomic E-state index is -0.889. The summed E-state index contributed by atoms with van der Waals surface area (Å²) in [5.41, 5.74) is 0.769. The Bertz CT molecular complexity index is 801. The molecule has 0 aliphatic heterocycles. The molecule has 0 aromatic heterocycles. The first kappa shape index (κ1) is 22.3. The molecule has 3 atom stereocenters. The number of carbonyl (C=O) groups excluding carboxylic acids is 3. The van der Waals surface area contributed by atoms with Crippen molar-refractivity contribution in [3.8, 4) is 0 Å². The highest BCUT2D eigenvalue weighted by Gasteiger charge is 2.32. The second kappa shape index (κ2) is 11.1. The van der Waals surface area contributed by atoms with E-state index in [1.165, 1.54) is 0 Å². The van der Waals surface area contributed by atoms with Gasteiger partial charge in [0.15, 0.2) is 0 Å². The van der Waals surface area contributed by atoms with Crippen LogP contribution in [0, 0.1) is 5.92 Å². The zero-order valence-electron chi connectivity index (χ0n) is 17.2. The summed E-state index contributed by atoms with van der Waals surface area (Å²) in [6.45, 7) is 5.76. The minimum absolute atomic E-state index is 0.250. The molecule has 154 valence electrons. The fourth-order valence-corrected chi connectivity index (χ4v) is 3.19. The molecular weight excluding hydrogens is 368 g/mol. The normalized spacial score (nSPS) is 13.8. The summed E-state index contributed by atoms with van der Waals surface area (Å²) >= 11 is 0. The molecule has 0 N–H and O–H groups in total. The number of ether oxygens (including phenoxy) is 2. The van der Waals surface area contributed by atoms with Gasteiger partial charge in [-0.2, -0.15) is 0 Å². The zero-order chi connectivity index (χ0) is 21.2. The van der Waals surface area contributed by atoms with Crippen LogP contribution in [0.4, 0.5) is 0 Å². The third-order valence-corrected chi connectivity index (χ3v) is 4.90. The Morgan fingerprint density at radius 3 is 1.86 bits per heavy atom. The van der Waals surface area contributed by atoms with Gasteiger partial charge in [0.2, 0.25) is 0 Å². The standard InChI is InChI=1S/C24H28O5/c1-4-12-21(29-23(26)19-15-10-7-11-16-19)17(3)20(5-2)28-24(27)22(25)18-13-8-6-9-14-18/h6-11,13-17,20-21H,4-5,12H2,1-3H3. The van der Waals surface area contributed by atoms with Crippen LogP contribution in [-0.4, -0.2) is 29.9 Å². The van der Waals surface area contributed by atoms with Crippen LogP contribution < -0.4 is 0 Å². The van der Waals surface area contributed by atoms with E-state index in [1.807, 2.05) is 26.8 Å². The molecule has 0 aliphatic carbocycles.